The van der Waals surface area contributed by atoms with Gasteiger partial charge in [-0.05, 0) is 74.6 Å². The summed E-state index contributed by atoms with van der Waals surface area (Å²) in [5, 5.41) is 2.83. The minimum Gasteiger partial charge on any atom is -0.494 e. The molecule has 3 rings (SSSR count). The van der Waals surface area contributed by atoms with Gasteiger partial charge in [0, 0.05) is 6.54 Å². The number of furan rings is 1. The predicted molar refractivity (Wildman–Crippen MR) is 136 cm³/mol. The first-order valence-corrected chi connectivity index (χ1v) is 13.7. The fraction of sp³-hybridized carbons (Fsp3) is 0.320. The molecule has 0 radical (unpaired) electrons. The minimum atomic E-state index is -3.94. The lowest BCUT2D eigenvalue weighted by atomic mass is 10.2. The average molecular weight is 503 g/mol. The van der Waals surface area contributed by atoms with Crippen molar-refractivity contribution in [2.45, 2.75) is 30.9 Å². The number of aryl methyl sites for hydroxylation is 1. The number of hydrogen-bond donors (Lipinski definition) is 1. The van der Waals surface area contributed by atoms with Crippen LogP contribution >= 0.6 is 11.8 Å². The molecule has 182 valence electrons. The quantitative estimate of drug-likeness (QED) is 0.343. The van der Waals surface area contributed by atoms with Crippen molar-refractivity contribution in [3.8, 4) is 5.75 Å². The maximum absolute atomic E-state index is 13.4. The molecule has 0 bridgehead atoms. The Bertz CT molecular complexity index is 1130. The molecule has 34 heavy (non-hydrogen) atoms. The van der Waals surface area contributed by atoms with E-state index < -0.39 is 10.0 Å². The van der Waals surface area contributed by atoms with Gasteiger partial charge in [-0.25, -0.2) is 8.42 Å². The van der Waals surface area contributed by atoms with E-state index in [1.54, 1.807) is 66.6 Å². The fourth-order valence-electron chi connectivity index (χ4n) is 3.18. The van der Waals surface area contributed by atoms with Crippen LogP contribution in [0.1, 0.15) is 24.7 Å². The largest absolute Gasteiger partial charge is 0.494 e. The molecule has 0 saturated heterocycles. The highest BCUT2D eigenvalue weighted by Gasteiger charge is 2.27. The molecule has 1 aromatic heterocycles. The second-order valence-corrected chi connectivity index (χ2v) is 10.6. The molecule has 0 atom stereocenters. The molecule has 3 aromatic rings. The number of anilines is 1. The summed E-state index contributed by atoms with van der Waals surface area (Å²) in [5.41, 5.74) is 1.35. The van der Waals surface area contributed by atoms with Gasteiger partial charge in [-0.1, -0.05) is 17.7 Å². The van der Waals surface area contributed by atoms with E-state index in [0.717, 1.165) is 33.6 Å². The number of sulfonamides is 1. The van der Waals surface area contributed by atoms with Crippen LogP contribution in [0.4, 0.5) is 5.69 Å². The number of carbonyl (C=O) groups is 1. The molecule has 0 spiro atoms. The Morgan fingerprint density at radius 2 is 1.82 bits per heavy atom. The first kappa shape index (κ1) is 25.7. The number of amides is 1. The minimum absolute atomic E-state index is 0.133. The van der Waals surface area contributed by atoms with Crippen LogP contribution in [0.3, 0.4) is 0 Å². The maximum Gasteiger partial charge on any atom is 0.264 e. The monoisotopic (exact) mass is 502 g/mol. The smallest absolute Gasteiger partial charge is 0.264 e. The van der Waals surface area contributed by atoms with Gasteiger partial charge in [0.1, 0.15) is 18.1 Å². The van der Waals surface area contributed by atoms with Crippen LogP contribution < -0.4 is 14.4 Å². The van der Waals surface area contributed by atoms with E-state index in [2.05, 4.69) is 5.32 Å². The maximum atomic E-state index is 13.4. The number of carbonyl (C=O) groups excluding carboxylic acids is 1. The van der Waals surface area contributed by atoms with E-state index >= 15 is 0 Å². The van der Waals surface area contributed by atoms with Gasteiger partial charge in [0.25, 0.3) is 10.0 Å². The Kier molecular flexibility index (Phi) is 9.47. The zero-order valence-electron chi connectivity index (χ0n) is 19.4. The third-order valence-corrected chi connectivity index (χ3v) is 7.80. The summed E-state index contributed by atoms with van der Waals surface area (Å²) in [7, 11) is -3.94. The standard InChI is InChI=1S/C25H30N2O5S2/c1-3-31-22-11-9-21(10-12-22)27(34(29,30)24-13-7-20(2)8-14-24)18-25(28)26-15-5-17-33-19-23-6-4-16-32-23/h4,6-14,16H,3,5,15,17-19H2,1-2H3,(H,26,28). The second kappa shape index (κ2) is 12.5. The Morgan fingerprint density at radius 1 is 1.09 bits per heavy atom. The van der Waals surface area contributed by atoms with Crippen LogP contribution in [0, 0.1) is 6.92 Å². The van der Waals surface area contributed by atoms with E-state index in [1.807, 2.05) is 26.0 Å². The summed E-state index contributed by atoms with van der Waals surface area (Å²) in [6.45, 7) is 4.42. The molecule has 0 fully saturated rings. The van der Waals surface area contributed by atoms with Gasteiger partial charge in [-0.2, -0.15) is 11.8 Å². The van der Waals surface area contributed by atoms with Crippen molar-refractivity contribution in [1.29, 1.82) is 0 Å². The summed E-state index contributed by atoms with van der Waals surface area (Å²) >= 11 is 1.72. The lowest BCUT2D eigenvalue weighted by Crippen LogP contribution is -2.41. The molecule has 9 heteroatoms. The van der Waals surface area contributed by atoms with Crippen LogP contribution in [0.15, 0.2) is 76.2 Å². The van der Waals surface area contributed by atoms with Gasteiger partial charge >= 0.3 is 0 Å². The fourth-order valence-corrected chi connectivity index (χ4v) is 5.46. The summed E-state index contributed by atoms with van der Waals surface area (Å²) in [6, 6.07) is 17.1. The number of thioether (sulfide) groups is 1. The van der Waals surface area contributed by atoms with Crippen molar-refractivity contribution in [1.82, 2.24) is 5.32 Å². The van der Waals surface area contributed by atoms with E-state index in [1.165, 1.54) is 0 Å². The highest BCUT2D eigenvalue weighted by atomic mass is 32.2. The highest BCUT2D eigenvalue weighted by molar-refractivity contribution is 7.98. The zero-order valence-corrected chi connectivity index (χ0v) is 21.0. The van der Waals surface area contributed by atoms with Gasteiger partial charge in [0.05, 0.1) is 29.2 Å². The molecular weight excluding hydrogens is 472 g/mol. The van der Waals surface area contributed by atoms with Crippen LogP contribution in [-0.2, 0) is 20.6 Å². The summed E-state index contributed by atoms with van der Waals surface area (Å²) in [4.78, 5) is 12.8. The topological polar surface area (TPSA) is 88.8 Å². The predicted octanol–water partition coefficient (Wildman–Crippen LogP) is 4.62. The zero-order chi connectivity index (χ0) is 24.4. The average Bonchev–Trinajstić information content (AvgIpc) is 3.34. The number of benzene rings is 2. The normalized spacial score (nSPS) is 11.2. The molecule has 1 heterocycles. The molecule has 2 aromatic carbocycles. The van der Waals surface area contributed by atoms with Crippen molar-refractivity contribution in [3.63, 3.8) is 0 Å². The van der Waals surface area contributed by atoms with Gasteiger partial charge in [-0.3, -0.25) is 9.10 Å². The van der Waals surface area contributed by atoms with Crippen molar-refractivity contribution in [3.05, 3.63) is 78.3 Å². The number of hydrogen-bond acceptors (Lipinski definition) is 6. The Hall–Kier alpha value is -2.91. The third-order valence-electron chi connectivity index (χ3n) is 4.94. The van der Waals surface area contributed by atoms with Crippen LogP contribution in [0.5, 0.6) is 5.75 Å². The Labute approximate surface area is 205 Å². The van der Waals surface area contributed by atoms with Gasteiger partial charge in [0.15, 0.2) is 0 Å². The van der Waals surface area contributed by atoms with Crippen LogP contribution in [0.25, 0.3) is 0 Å². The lowest BCUT2D eigenvalue weighted by molar-refractivity contribution is -0.119. The molecule has 0 saturated carbocycles. The van der Waals surface area contributed by atoms with Gasteiger partial charge < -0.3 is 14.5 Å². The lowest BCUT2D eigenvalue weighted by Gasteiger charge is -2.24. The summed E-state index contributed by atoms with van der Waals surface area (Å²) < 4.78 is 38.7. The second-order valence-electron chi connectivity index (χ2n) is 7.59. The number of rotatable bonds is 13. The van der Waals surface area contributed by atoms with E-state index in [0.29, 0.717) is 24.6 Å². The molecular formula is C25H30N2O5S2. The molecule has 1 N–H and O–H groups in total. The van der Waals surface area contributed by atoms with E-state index in [9.17, 15) is 13.2 Å². The molecule has 0 unspecified atom stereocenters. The number of ether oxygens (including phenoxy) is 1. The molecule has 0 aliphatic carbocycles. The van der Waals surface area contributed by atoms with Gasteiger partial charge in [-0.15, -0.1) is 0 Å². The van der Waals surface area contributed by atoms with Crippen LogP contribution in [-0.4, -0.2) is 39.8 Å². The summed E-state index contributed by atoms with van der Waals surface area (Å²) in [6.07, 6.45) is 2.42. The first-order chi connectivity index (χ1) is 16.4. The molecule has 0 aliphatic heterocycles. The molecule has 1 amide bonds. The highest BCUT2D eigenvalue weighted by Crippen LogP contribution is 2.26. The van der Waals surface area contributed by atoms with Crippen molar-refractivity contribution < 1.29 is 22.4 Å². The molecule has 7 nitrogen and oxygen atoms in total. The van der Waals surface area contributed by atoms with Crippen molar-refractivity contribution in [2.75, 3.05) is 29.8 Å². The Morgan fingerprint density at radius 3 is 2.47 bits per heavy atom. The SMILES string of the molecule is CCOc1ccc(N(CC(=O)NCCCSCc2ccco2)S(=O)(=O)c2ccc(C)cc2)cc1. The van der Waals surface area contributed by atoms with Crippen molar-refractivity contribution in [2.24, 2.45) is 0 Å². The van der Waals surface area contributed by atoms with Crippen molar-refractivity contribution >= 4 is 33.4 Å². The van der Waals surface area contributed by atoms with Crippen LogP contribution in [0.2, 0.25) is 0 Å². The van der Waals surface area contributed by atoms with E-state index in [4.69, 9.17) is 9.15 Å². The molecule has 0 aliphatic rings. The Balaban J connectivity index is 1.64. The first-order valence-electron chi connectivity index (χ1n) is 11.1. The summed E-state index contributed by atoms with van der Waals surface area (Å²) in [5.74, 6) is 2.82. The van der Waals surface area contributed by atoms with E-state index in [-0.39, 0.29) is 17.3 Å². The number of nitrogens with one attached hydrogen (secondary N) is 1. The van der Waals surface area contributed by atoms with Gasteiger partial charge in [0.2, 0.25) is 5.91 Å². The number of nitrogens with zero attached hydrogens (tertiary/aromatic N) is 1. The third kappa shape index (κ3) is 7.30.